The summed E-state index contributed by atoms with van der Waals surface area (Å²) in [5, 5.41) is 3.18. The van der Waals surface area contributed by atoms with Crippen LogP contribution in [0, 0.1) is 5.92 Å². The molecule has 0 bridgehead atoms. The molecule has 0 aromatic heterocycles. The van der Waals surface area contributed by atoms with Crippen molar-refractivity contribution in [3.05, 3.63) is 35.9 Å². The van der Waals surface area contributed by atoms with E-state index >= 15 is 0 Å². The molecule has 1 unspecified atom stereocenters. The van der Waals surface area contributed by atoms with Crippen LogP contribution in [-0.2, 0) is 10.0 Å². The van der Waals surface area contributed by atoms with Gasteiger partial charge in [-0.3, -0.25) is 0 Å². The first-order valence-electron chi connectivity index (χ1n) is 7.70. The molecule has 0 aliphatic carbocycles. The van der Waals surface area contributed by atoms with Crippen molar-refractivity contribution >= 4 is 10.0 Å². The lowest BCUT2D eigenvalue weighted by Gasteiger charge is -2.31. The van der Waals surface area contributed by atoms with Gasteiger partial charge in [-0.15, -0.1) is 0 Å². The smallest absolute Gasteiger partial charge is 0.214 e. The van der Waals surface area contributed by atoms with Crippen molar-refractivity contribution in [1.29, 1.82) is 0 Å². The number of nitrogens with one attached hydrogen (secondary N) is 1. The van der Waals surface area contributed by atoms with Gasteiger partial charge in [-0.05, 0) is 43.8 Å². The molecule has 0 spiro atoms. The molecule has 1 N–H and O–H groups in total. The van der Waals surface area contributed by atoms with Crippen molar-refractivity contribution in [2.24, 2.45) is 5.92 Å². The van der Waals surface area contributed by atoms with Crippen LogP contribution in [0.3, 0.4) is 0 Å². The molecule has 1 aromatic carbocycles. The molecule has 5 heteroatoms. The number of benzene rings is 1. The summed E-state index contributed by atoms with van der Waals surface area (Å²) in [6, 6.07) is 9.87. The minimum absolute atomic E-state index is 0.0335. The van der Waals surface area contributed by atoms with Gasteiger partial charge < -0.3 is 5.32 Å². The standard InChI is InChI=1S/C16H26N2O2S/c1-14(16-6-4-3-5-7-16)13-21(19,20)18-10-8-15(9-11-18)12-17-2/h3-7,14-15,17H,8-13H2,1-2H3. The van der Waals surface area contributed by atoms with Crippen LogP contribution in [0.5, 0.6) is 0 Å². The Hall–Kier alpha value is -0.910. The quantitative estimate of drug-likeness (QED) is 0.875. The maximum absolute atomic E-state index is 12.5. The van der Waals surface area contributed by atoms with E-state index in [1.165, 1.54) is 0 Å². The average molecular weight is 310 g/mol. The number of rotatable bonds is 6. The van der Waals surface area contributed by atoms with Crippen molar-refractivity contribution in [3.8, 4) is 0 Å². The Morgan fingerprint density at radius 3 is 2.43 bits per heavy atom. The van der Waals surface area contributed by atoms with Crippen molar-refractivity contribution in [1.82, 2.24) is 9.62 Å². The van der Waals surface area contributed by atoms with E-state index in [-0.39, 0.29) is 11.7 Å². The zero-order valence-corrected chi connectivity index (χ0v) is 13.8. The first kappa shape index (κ1) is 16.5. The maximum Gasteiger partial charge on any atom is 0.214 e. The first-order valence-corrected chi connectivity index (χ1v) is 9.31. The fraction of sp³-hybridized carbons (Fsp3) is 0.625. The molecule has 0 radical (unpaired) electrons. The predicted octanol–water partition coefficient (Wildman–Crippen LogP) is 2.05. The van der Waals surface area contributed by atoms with Crippen LogP contribution in [0.25, 0.3) is 0 Å². The van der Waals surface area contributed by atoms with Crippen molar-refractivity contribution in [2.45, 2.75) is 25.7 Å². The van der Waals surface area contributed by atoms with Gasteiger partial charge in [0.15, 0.2) is 0 Å². The van der Waals surface area contributed by atoms with Crippen molar-refractivity contribution in [2.75, 3.05) is 32.4 Å². The zero-order valence-electron chi connectivity index (χ0n) is 13.0. The Kier molecular flexibility index (Phi) is 5.79. The third kappa shape index (κ3) is 4.53. The van der Waals surface area contributed by atoms with E-state index in [9.17, 15) is 8.42 Å². The third-order valence-corrected chi connectivity index (χ3v) is 6.36. The molecule has 1 saturated heterocycles. The Labute approximate surface area is 128 Å². The summed E-state index contributed by atoms with van der Waals surface area (Å²) in [6.07, 6.45) is 1.92. The number of piperidine rings is 1. The molecule has 4 nitrogen and oxygen atoms in total. The van der Waals surface area contributed by atoms with Crippen molar-refractivity contribution < 1.29 is 8.42 Å². The summed E-state index contributed by atoms with van der Waals surface area (Å²) in [7, 11) is -1.21. The second-order valence-corrected chi connectivity index (χ2v) is 8.00. The van der Waals surface area contributed by atoms with Crippen molar-refractivity contribution in [3.63, 3.8) is 0 Å². The summed E-state index contributed by atoms with van der Waals surface area (Å²) in [5.74, 6) is 0.840. The summed E-state index contributed by atoms with van der Waals surface area (Å²) in [4.78, 5) is 0. The highest BCUT2D eigenvalue weighted by Crippen LogP contribution is 2.23. The molecule has 2 rings (SSSR count). The van der Waals surface area contributed by atoms with E-state index < -0.39 is 10.0 Å². The molecular weight excluding hydrogens is 284 g/mol. The molecule has 0 saturated carbocycles. The van der Waals surface area contributed by atoms with Crippen LogP contribution in [0.15, 0.2) is 30.3 Å². The van der Waals surface area contributed by atoms with Crippen LogP contribution in [0.1, 0.15) is 31.2 Å². The number of sulfonamides is 1. The van der Waals surface area contributed by atoms with E-state index in [1.807, 2.05) is 44.3 Å². The lowest BCUT2D eigenvalue weighted by molar-refractivity contribution is 0.270. The fourth-order valence-corrected chi connectivity index (χ4v) is 4.78. The zero-order chi connectivity index (χ0) is 15.3. The van der Waals surface area contributed by atoms with Crippen LogP contribution in [-0.4, -0.2) is 45.2 Å². The first-order chi connectivity index (χ1) is 10.0. The molecule has 1 fully saturated rings. The summed E-state index contributed by atoms with van der Waals surface area (Å²) < 4.78 is 26.8. The number of hydrogen-bond acceptors (Lipinski definition) is 3. The number of hydrogen-bond donors (Lipinski definition) is 1. The average Bonchev–Trinajstić information content (AvgIpc) is 2.48. The molecule has 0 amide bonds. The maximum atomic E-state index is 12.5. The molecular formula is C16H26N2O2S. The number of nitrogens with zero attached hydrogens (tertiary/aromatic N) is 1. The Bertz CT molecular complexity index is 522. The molecule has 1 aromatic rings. The lowest BCUT2D eigenvalue weighted by Crippen LogP contribution is -2.42. The van der Waals surface area contributed by atoms with Gasteiger partial charge in [0.2, 0.25) is 10.0 Å². The van der Waals surface area contributed by atoms with Crippen LogP contribution < -0.4 is 5.32 Å². The molecule has 21 heavy (non-hydrogen) atoms. The van der Waals surface area contributed by atoms with E-state index in [4.69, 9.17) is 0 Å². The minimum Gasteiger partial charge on any atom is -0.319 e. The Morgan fingerprint density at radius 1 is 1.24 bits per heavy atom. The largest absolute Gasteiger partial charge is 0.319 e. The SMILES string of the molecule is CNCC1CCN(S(=O)(=O)CC(C)c2ccccc2)CC1. The van der Waals surface area contributed by atoms with Gasteiger partial charge in [-0.2, -0.15) is 0 Å². The van der Waals surface area contributed by atoms with Gasteiger partial charge >= 0.3 is 0 Å². The third-order valence-electron chi connectivity index (χ3n) is 4.29. The Morgan fingerprint density at radius 2 is 1.86 bits per heavy atom. The molecule has 118 valence electrons. The molecule has 1 aliphatic rings. The second kappa shape index (κ2) is 7.38. The molecule has 1 aliphatic heterocycles. The van der Waals surface area contributed by atoms with Gasteiger partial charge in [-0.25, -0.2) is 12.7 Å². The van der Waals surface area contributed by atoms with Crippen LogP contribution >= 0.6 is 0 Å². The van der Waals surface area contributed by atoms with E-state index in [1.54, 1.807) is 4.31 Å². The van der Waals surface area contributed by atoms with E-state index in [2.05, 4.69) is 5.32 Å². The van der Waals surface area contributed by atoms with Gasteiger partial charge in [0.05, 0.1) is 5.75 Å². The molecule has 1 heterocycles. The highest BCUT2D eigenvalue weighted by Gasteiger charge is 2.29. The summed E-state index contributed by atoms with van der Waals surface area (Å²) in [5.41, 5.74) is 1.09. The highest BCUT2D eigenvalue weighted by atomic mass is 32.2. The summed E-state index contributed by atoms with van der Waals surface area (Å²) in [6.45, 7) is 4.29. The minimum atomic E-state index is -3.16. The van der Waals surface area contributed by atoms with Gasteiger partial charge in [0.1, 0.15) is 0 Å². The second-order valence-electron chi connectivity index (χ2n) is 5.99. The summed E-state index contributed by atoms with van der Waals surface area (Å²) >= 11 is 0. The van der Waals surface area contributed by atoms with Gasteiger partial charge in [-0.1, -0.05) is 37.3 Å². The molecule has 1 atom stereocenters. The Balaban J connectivity index is 1.93. The van der Waals surface area contributed by atoms with Gasteiger partial charge in [0, 0.05) is 13.1 Å². The monoisotopic (exact) mass is 310 g/mol. The van der Waals surface area contributed by atoms with Crippen LogP contribution in [0.4, 0.5) is 0 Å². The predicted molar refractivity (Wildman–Crippen MR) is 86.9 cm³/mol. The van der Waals surface area contributed by atoms with Gasteiger partial charge in [0.25, 0.3) is 0 Å². The normalized spacial score (nSPS) is 19.5. The fourth-order valence-electron chi connectivity index (χ4n) is 2.98. The van der Waals surface area contributed by atoms with E-state index in [0.29, 0.717) is 19.0 Å². The van der Waals surface area contributed by atoms with E-state index in [0.717, 1.165) is 24.9 Å². The topological polar surface area (TPSA) is 49.4 Å². The lowest BCUT2D eigenvalue weighted by atomic mass is 9.98. The highest BCUT2D eigenvalue weighted by molar-refractivity contribution is 7.89. The van der Waals surface area contributed by atoms with Crippen LogP contribution in [0.2, 0.25) is 0 Å².